The van der Waals surface area contributed by atoms with Gasteiger partial charge in [0.25, 0.3) is 0 Å². The van der Waals surface area contributed by atoms with Crippen LogP contribution in [-0.2, 0) is 0 Å². The molecule has 4 heteroatoms. The summed E-state index contributed by atoms with van der Waals surface area (Å²) < 4.78 is 5.41. The highest BCUT2D eigenvalue weighted by Gasteiger charge is 2.27. The predicted molar refractivity (Wildman–Crippen MR) is 76.3 cm³/mol. The van der Waals surface area contributed by atoms with E-state index in [1.165, 1.54) is 0 Å². The maximum atomic E-state index is 10.4. The Morgan fingerprint density at radius 3 is 2.78 bits per heavy atom. The van der Waals surface area contributed by atoms with Crippen molar-refractivity contribution in [2.45, 2.75) is 19.1 Å². The Bertz CT molecular complexity index is 369. The zero-order chi connectivity index (χ0) is 13.0. The molecule has 18 heavy (non-hydrogen) atoms. The number of hydrogen-bond acceptors (Lipinski definition) is 4. The van der Waals surface area contributed by atoms with E-state index in [1.807, 2.05) is 43.0 Å². The standard InChI is InChI=1S/C14H21NO2S/c1-3-17-12-6-4-11(5-7-12)14(16)13-10-18-9-8-15(13)2/h4-7,13-14,16H,3,8-10H2,1-2H3. The minimum Gasteiger partial charge on any atom is -0.494 e. The molecule has 1 saturated heterocycles. The minimum atomic E-state index is -0.418. The predicted octanol–water partition coefficient (Wildman–Crippen LogP) is 2.17. The van der Waals surface area contributed by atoms with E-state index >= 15 is 0 Å². The second-order valence-electron chi connectivity index (χ2n) is 4.57. The van der Waals surface area contributed by atoms with Crippen LogP contribution in [0.25, 0.3) is 0 Å². The molecule has 0 aliphatic carbocycles. The highest BCUT2D eigenvalue weighted by Crippen LogP contribution is 2.27. The molecule has 2 rings (SSSR count). The van der Waals surface area contributed by atoms with Gasteiger partial charge >= 0.3 is 0 Å². The van der Waals surface area contributed by atoms with Crippen molar-refractivity contribution in [1.29, 1.82) is 0 Å². The van der Waals surface area contributed by atoms with Gasteiger partial charge in [-0.15, -0.1) is 0 Å². The average molecular weight is 267 g/mol. The third-order valence-electron chi connectivity index (χ3n) is 3.34. The highest BCUT2D eigenvalue weighted by atomic mass is 32.2. The Hall–Kier alpha value is -0.710. The van der Waals surface area contributed by atoms with Gasteiger partial charge in [0.15, 0.2) is 0 Å². The summed E-state index contributed by atoms with van der Waals surface area (Å²) in [6.07, 6.45) is -0.418. The van der Waals surface area contributed by atoms with E-state index in [-0.39, 0.29) is 6.04 Å². The molecule has 0 bridgehead atoms. The van der Waals surface area contributed by atoms with Gasteiger partial charge in [-0.3, -0.25) is 4.90 Å². The Morgan fingerprint density at radius 2 is 2.17 bits per heavy atom. The summed E-state index contributed by atoms with van der Waals surface area (Å²) >= 11 is 1.91. The monoisotopic (exact) mass is 267 g/mol. The van der Waals surface area contributed by atoms with Gasteiger partial charge in [-0.1, -0.05) is 12.1 Å². The highest BCUT2D eigenvalue weighted by molar-refractivity contribution is 7.99. The third kappa shape index (κ3) is 3.19. The molecule has 2 unspecified atom stereocenters. The largest absolute Gasteiger partial charge is 0.494 e. The van der Waals surface area contributed by atoms with Gasteiger partial charge in [0.05, 0.1) is 12.7 Å². The van der Waals surface area contributed by atoms with E-state index < -0.39 is 6.10 Å². The van der Waals surface area contributed by atoms with Crippen LogP contribution in [0.1, 0.15) is 18.6 Å². The lowest BCUT2D eigenvalue weighted by atomic mass is 10.0. The molecule has 1 aliphatic heterocycles. The summed E-state index contributed by atoms with van der Waals surface area (Å²) in [4.78, 5) is 2.25. The molecule has 1 heterocycles. The van der Waals surface area contributed by atoms with Gasteiger partial charge in [-0.2, -0.15) is 11.8 Å². The van der Waals surface area contributed by atoms with E-state index in [0.29, 0.717) is 6.61 Å². The van der Waals surface area contributed by atoms with Crippen LogP contribution in [0.5, 0.6) is 5.75 Å². The Morgan fingerprint density at radius 1 is 1.44 bits per heavy atom. The van der Waals surface area contributed by atoms with Crippen molar-refractivity contribution in [2.75, 3.05) is 31.7 Å². The second-order valence-corrected chi connectivity index (χ2v) is 5.72. The quantitative estimate of drug-likeness (QED) is 0.906. The number of aliphatic hydroxyl groups is 1. The lowest BCUT2D eigenvalue weighted by molar-refractivity contribution is 0.0758. The average Bonchev–Trinajstić information content (AvgIpc) is 2.40. The Balaban J connectivity index is 2.05. The van der Waals surface area contributed by atoms with Gasteiger partial charge < -0.3 is 9.84 Å². The summed E-state index contributed by atoms with van der Waals surface area (Å²) in [6.45, 7) is 3.68. The molecule has 0 spiro atoms. The maximum Gasteiger partial charge on any atom is 0.119 e. The molecule has 1 fully saturated rings. The fourth-order valence-electron chi connectivity index (χ4n) is 2.19. The number of ether oxygens (including phenoxy) is 1. The Labute approximate surface area is 113 Å². The van der Waals surface area contributed by atoms with E-state index in [1.54, 1.807) is 0 Å². The molecule has 1 aromatic rings. The fraction of sp³-hybridized carbons (Fsp3) is 0.571. The van der Waals surface area contributed by atoms with Crippen LogP contribution < -0.4 is 4.74 Å². The molecular weight excluding hydrogens is 246 g/mol. The van der Waals surface area contributed by atoms with Crippen molar-refractivity contribution in [2.24, 2.45) is 0 Å². The first kappa shape index (κ1) is 13.7. The molecule has 0 aromatic heterocycles. The van der Waals surface area contributed by atoms with Gasteiger partial charge in [0.2, 0.25) is 0 Å². The smallest absolute Gasteiger partial charge is 0.119 e. The van der Waals surface area contributed by atoms with Crippen LogP contribution in [-0.4, -0.2) is 47.8 Å². The summed E-state index contributed by atoms with van der Waals surface area (Å²) in [6, 6.07) is 7.99. The van der Waals surface area contributed by atoms with Crippen molar-refractivity contribution in [1.82, 2.24) is 4.90 Å². The maximum absolute atomic E-state index is 10.4. The molecule has 3 nitrogen and oxygen atoms in total. The summed E-state index contributed by atoms with van der Waals surface area (Å²) in [7, 11) is 2.09. The van der Waals surface area contributed by atoms with Crippen LogP contribution in [0.15, 0.2) is 24.3 Å². The SMILES string of the molecule is CCOc1ccc(C(O)C2CSCCN2C)cc1. The summed E-state index contributed by atoms with van der Waals surface area (Å²) in [5.41, 5.74) is 0.970. The fourth-order valence-corrected chi connectivity index (χ4v) is 3.45. The topological polar surface area (TPSA) is 32.7 Å². The summed E-state index contributed by atoms with van der Waals surface area (Å²) in [5, 5.41) is 10.4. The molecule has 0 radical (unpaired) electrons. The van der Waals surface area contributed by atoms with Gasteiger partial charge in [-0.05, 0) is 31.7 Å². The number of hydrogen-bond donors (Lipinski definition) is 1. The molecular formula is C14H21NO2S. The number of rotatable bonds is 4. The lowest BCUT2D eigenvalue weighted by Gasteiger charge is -2.35. The number of nitrogens with zero attached hydrogens (tertiary/aromatic N) is 1. The number of thioether (sulfide) groups is 1. The number of likely N-dealkylation sites (N-methyl/N-ethyl adjacent to an activating group) is 1. The molecule has 0 amide bonds. The van der Waals surface area contributed by atoms with Crippen LogP contribution in [0.4, 0.5) is 0 Å². The van der Waals surface area contributed by atoms with Crippen molar-refractivity contribution in [3.63, 3.8) is 0 Å². The number of benzene rings is 1. The normalized spacial score (nSPS) is 22.7. The van der Waals surface area contributed by atoms with E-state index in [4.69, 9.17) is 4.74 Å². The zero-order valence-electron chi connectivity index (χ0n) is 11.0. The van der Waals surface area contributed by atoms with Crippen LogP contribution in [0.3, 0.4) is 0 Å². The molecule has 1 N–H and O–H groups in total. The first-order chi connectivity index (χ1) is 8.72. The summed E-state index contributed by atoms with van der Waals surface area (Å²) in [5.74, 6) is 3.01. The number of aliphatic hydroxyl groups excluding tert-OH is 1. The molecule has 1 aromatic carbocycles. The molecule has 100 valence electrons. The van der Waals surface area contributed by atoms with Gasteiger partial charge in [0, 0.05) is 24.1 Å². The first-order valence-corrected chi connectivity index (χ1v) is 7.56. The minimum absolute atomic E-state index is 0.210. The van der Waals surface area contributed by atoms with E-state index in [2.05, 4.69) is 11.9 Å². The van der Waals surface area contributed by atoms with E-state index in [0.717, 1.165) is 29.4 Å². The first-order valence-electron chi connectivity index (χ1n) is 6.41. The van der Waals surface area contributed by atoms with Crippen molar-refractivity contribution < 1.29 is 9.84 Å². The van der Waals surface area contributed by atoms with Crippen molar-refractivity contribution in [3.05, 3.63) is 29.8 Å². The van der Waals surface area contributed by atoms with Crippen molar-refractivity contribution >= 4 is 11.8 Å². The van der Waals surface area contributed by atoms with E-state index in [9.17, 15) is 5.11 Å². The Kier molecular flexibility index (Phi) is 4.92. The molecule has 2 atom stereocenters. The third-order valence-corrected chi connectivity index (χ3v) is 4.39. The van der Waals surface area contributed by atoms with Gasteiger partial charge in [0.1, 0.15) is 5.75 Å². The van der Waals surface area contributed by atoms with Crippen LogP contribution in [0, 0.1) is 0 Å². The molecule has 1 aliphatic rings. The lowest BCUT2D eigenvalue weighted by Crippen LogP contribution is -2.43. The van der Waals surface area contributed by atoms with Gasteiger partial charge in [-0.25, -0.2) is 0 Å². The van der Waals surface area contributed by atoms with Crippen LogP contribution in [0.2, 0.25) is 0 Å². The van der Waals surface area contributed by atoms with Crippen LogP contribution >= 0.6 is 11.8 Å². The zero-order valence-corrected chi connectivity index (χ0v) is 11.8. The second kappa shape index (κ2) is 6.45. The van der Waals surface area contributed by atoms with Crippen molar-refractivity contribution in [3.8, 4) is 5.75 Å². The molecule has 0 saturated carbocycles.